The van der Waals surface area contributed by atoms with Gasteiger partial charge < -0.3 is 0 Å². The van der Waals surface area contributed by atoms with Gasteiger partial charge in [-0.15, -0.1) is 23.5 Å². The molecule has 27 heavy (non-hydrogen) atoms. The van der Waals surface area contributed by atoms with Crippen molar-refractivity contribution >= 4 is 41.2 Å². The van der Waals surface area contributed by atoms with Gasteiger partial charge in [-0.3, -0.25) is 9.59 Å². The van der Waals surface area contributed by atoms with Gasteiger partial charge in [-0.05, 0) is 42.9 Å². The maximum absolute atomic E-state index is 13.1. The van der Waals surface area contributed by atoms with Crippen molar-refractivity contribution in [3.63, 3.8) is 0 Å². The molecule has 0 spiro atoms. The summed E-state index contributed by atoms with van der Waals surface area (Å²) in [6.07, 6.45) is 5.54. The van der Waals surface area contributed by atoms with Crippen molar-refractivity contribution in [3.8, 4) is 0 Å². The first-order valence-electron chi connectivity index (χ1n) is 9.04. The Morgan fingerprint density at radius 1 is 0.889 bits per heavy atom. The van der Waals surface area contributed by atoms with Crippen LogP contribution in [0.15, 0.2) is 70.5 Å². The fraction of sp³-hybridized carbons (Fsp3) is 0.217. The number of Topliss-reactive ketones (excluding diaryl/α,β-unsaturated/α-hetero) is 1. The van der Waals surface area contributed by atoms with Crippen LogP contribution < -0.4 is 0 Å². The van der Waals surface area contributed by atoms with Gasteiger partial charge in [0.05, 0.1) is 9.81 Å². The number of aryl methyl sites for hydroxylation is 1. The summed E-state index contributed by atoms with van der Waals surface area (Å²) in [5.74, 6) is 1.48. The number of hydrogen-bond donors (Lipinski definition) is 0. The van der Waals surface area contributed by atoms with Crippen LogP contribution in [0.2, 0.25) is 0 Å². The predicted octanol–water partition coefficient (Wildman–Crippen LogP) is 5.93. The van der Waals surface area contributed by atoms with E-state index in [9.17, 15) is 9.59 Å². The molecule has 0 saturated carbocycles. The molecule has 0 bridgehead atoms. The molecule has 0 radical (unpaired) electrons. The highest BCUT2D eigenvalue weighted by Gasteiger charge is 2.24. The highest BCUT2D eigenvalue weighted by Crippen LogP contribution is 2.37. The van der Waals surface area contributed by atoms with E-state index in [1.807, 2.05) is 49.4 Å². The molecule has 1 saturated heterocycles. The van der Waals surface area contributed by atoms with Gasteiger partial charge in [0.1, 0.15) is 0 Å². The lowest BCUT2D eigenvalue weighted by Crippen LogP contribution is -2.13. The SMILES string of the molecule is Cc1ccc(/C=C/C(=O)C(C(=O)c2ccccc2)=C2SCCCCS2)cc1. The Hall–Kier alpha value is -2.04. The van der Waals surface area contributed by atoms with Crippen LogP contribution in [0.1, 0.15) is 34.3 Å². The highest BCUT2D eigenvalue weighted by atomic mass is 32.2. The number of ketones is 2. The van der Waals surface area contributed by atoms with E-state index in [0.29, 0.717) is 11.1 Å². The number of benzene rings is 2. The van der Waals surface area contributed by atoms with Crippen molar-refractivity contribution in [2.24, 2.45) is 0 Å². The van der Waals surface area contributed by atoms with Crippen LogP contribution in [0, 0.1) is 6.92 Å². The van der Waals surface area contributed by atoms with Gasteiger partial charge in [-0.25, -0.2) is 0 Å². The predicted molar refractivity (Wildman–Crippen MR) is 117 cm³/mol. The maximum atomic E-state index is 13.1. The molecule has 1 heterocycles. The normalized spacial score (nSPS) is 14.8. The topological polar surface area (TPSA) is 34.1 Å². The molecule has 1 aliphatic rings. The number of thioether (sulfide) groups is 2. The van der Waals surface area contributed by atoms with Crippen LogP contribution in [0.4, 0.5) is 0 Å². The number of allylic oxidation sites excluding steroid dienone is 2. The summed E-state index contributed by atoms with van der Waals surface area (Å²) in [5.41, 5.74) is 2.99. The molecule has 2 aromatic carbocycles. The van der Waals surface area contributed by atoms with E-state index < -0.39 is 0 Å². The van der Waals surface area contributed by atoms with Gasteiger partial charge in [0.2, 0.25) is 0 Å². The summed E-state index contributed by atoms with van der Waals surface area (Å²) in [4.78, 5) is 26.1. The molecule has 2 aromatic rings. The van der Waals surface area contributed by atoms with Crippen molar-refractivity contribution < 1.29 is 9.59 Å². The van der Waals surface area contributed by atoms with Crippen LogP contribution in [0.3, 0.4) is 0 Å². The van der Waals surface area contributed by atoms with Gasteiger partial charge >= 0.3 is 0 Å². The van der Waals surface area contributed by atoms with Gasteiger partial charge in [0.15, 0.2) is 11.6 Å². The average Bonchev–Trinajstić information content (AvgIpc) is 2.98. The summed E-state index contributed by atoms with van der Waals surface area (Å²) in [6, 6.07) is 17.0. The minimum atomic E-state index is -0.221. The fourth-order valence-electron chi connectivity index (χ4n) is 2.69. The third-order valence-corrected chi connectivity index (χ3v) is 6.85. The number of rotatable bonds is 5. The minimum Gasteiger partial charge on any atom is -0.289 e. The van der Waals surface area contributed by atoms with Crippen molar-refractivity contribution in [3.05, 3.63) is 87.2 Å². The van der Waals surface area contributed by atoms with Crippen molar-refractivity contribution in [1.29, 1.82) is 0 Å². The lowest BCUT2D eigenvalue weighted by atomic mass is 10.0. The second-order valence-electron chi connectivity index (χ2n) is 6.37. The molecule has 0 aliphatic carbocycles. The third kappa shape index (κ3) is 5.47. The van der Waals surface area contributed by atoms with E-state index in [0.717, 1.165) is 34.1 Å². The molecular formula is C23H22O2S2. The molecular weight excluding hydrogens is 372 g/mol. The molecule has 0 N–H and O–H groups in total. The van der Waals surface area contributed by atoms with Crippen molar-refractivity contribution in [1.82, 2.24) is 0 Å². The van der Waals surface area contributed by atoms with Crippen LogP contribution in [-0.4, -0.2) is 23.1 Å². The Bertz CT molecular complexity index is 855. The van der Waals surface area contributed by atoms with Crippen LogP contribution in [-0.2, 0) is 4.79 Å². The molecule has 3 rings (SSSR count). The van der Waals surface area contributed by atoms with E-state index >= 15 is 0 Å². The summed E-state index contributed by atoms with van der Waals surface area (Å²) in [5, 5.41) is 0. The Kier molecular flexibility index (Phi) is 7.13. The molecule has 0 aromatic heterocycles. The molecule has 0 unspecified atom stereocenters. The Morgan fingerprint density at radius 2 is 1.52 bits per heavy atom. The Morgan fingerprint density at radius 3 is 2.15 bits per heavy atom. The smallest absolute Gasteiger partial charge is 0.198 e. The fourth-order valence-corrected chi connectivity index (χ4v) is 5.27. The summed E-state index contributed by atoms with van der Waals surface area (Å²) < 4.78 is 0.861. The summed E-state index contributed by atoms with van der Waals surface area (Å²) >= 11 is 3.27. The molecule has 4 heteroatoms. The monoisotopic (exact) mass is 394 g/mol. The van der Waals surface area contributed by atoms with Crippen LogP contribution in [0.5, 0.6) is 0 Å². The second-order valence-corrected chi connectivity index (χ2v) is 8.84. The third-order valence-electron chi connectivity index (χ3n) is 4.22. The molecule has 1 fully saturated rings. The second kappa shape index (κ2) is 9.77. The zero-order chi connectivity index (χ0) is 19.1. The molecule has 0 amide bonds. The minimum absolute atomic E-state index is 0.189. The van der Waals surface area contributed by atoms with E-state index in [1.54, 1.807) is 41.7 Å². The quantitative estimate of drug-likeness (QED) is 0.272. The van der Waals surface area contributed by atoms with Gasteiger partial charge in [-0.1, -0.05) is 66.2 Å². The first-order chi connectivity index (χ1) is 13.1. The van der Waals surface area contributed by atoms with Crippen molar-refractivity contribution in [2.45, 2.75) is 19.8 Å². The number of hydrogen-bond acceptors (Lipinski definition) is 4. The molecule has 2 nitrogen and oxygen atoms in total. The maximum Gasteiger partial charge on any atom is 0.198 e. The largest absolute Gasteiger partial charge is 0.289 e. The van der Waals surface area contributed by atoms with Crippen molar-refractivity contribution in [2.75, 3.05) is 11.5 Å². The van der Waals surface area contributed by atoms with E-state index in [2.05, 4.69) is 0 Å². The number of carbonyl (C=O) groups is 2. The zero-order valence-electron chi connectivity index (χ0n) is 15.3. The molecule has 138 valence electrons. The summed E-state index contributed by atoms with van der Waals surface area (Å²) in [7, 11) is 0. The first-order valence-corrected chi connectivity index (χ1v) is 11.0. The van der Waals surface area contributed by atoms with Gasteiger partial charge in [-0.2, -0.15) is 0 Å². The number of carbonyl (C=O) groups excluding carboxylic acids is 2. The lowest BCUT2D eigenvalue weighted by molar-refractivity contribution is -0.111. The van der Waals surface area contributed by atoms with Gasteiger partial charge in [0, 0.05) is 5.56 Å². The lowest BCUT2D eigenvalue weighted by Gasteiger charge is -2.10. The van der Waals surface area contributed by atoms with Crippen LogP contribution >= 0.6 is 23.5 Å². The van der Waals surface area contributed by atoms with E-state index in [-0.39, 0.29) is 11.6 Å². The molecule has 1 aliphatic heterocycles. The molecule has 0 atom stereocenters. The van der Waals surface area contributed by atoms with Gasteiger partial charge in [0.25, 0.3) is 0 Å². The van der Waals surface area contributed by atoms with E-state index in [4.69, 9.17) is 0 Å². The standard InChI is InChI=1S/C23H22O2S2/c1-17-9-11-18(12-10-17)13-14-20(24)21(23-26-15-5-6-16-27-23)22(25)19-7-3-2-4-8-19/h2-4,7-14H,5-6,15-16H2,1H3/b14-13+. The van der Waals surface area contributed by atoms with E-state index in [1.165, 1.54) is 11.6 Å². The van der Waals surface area contributed by atoms with Crippen LogP contribution in [0.25, 0.3) is 6.08 Å². The Balaban J connectivity index is 1.93. The zero-order valence-corrected chi connectivity index (χ0v) is 16.9. The first kappa shape index (κ1) is 19.7. The Labute approximate surface area is 169 Å². The summed E-state index contributed by atoms with van der Waals surface area (Å²) in [6.45, 7) is 2.03. The average molecular weight is 395 g/mol. The highest BCUT2D eigenvalue weighted by molar-refractivity contribution is 8.22.